The van der Waals surface area contributed by atoms with Gasteiger partial charge in [-0.3, -0.25) is 9.69 Å². The zero-order valence-corrected chi connectivity index (χ0v) is 22.7. The minimum atomic E-state index is 0.364. The lowest BCUT2D eigenvalue weighted by molar-refractivity contribution is -0.120. The zero-order valence-electron chi connectivity index (χ0n) is 22.7. The summed E-state index contributed by atoms with van der Waals surface area (Å²) >= 11 is 0. The molecule has 0 radical (unpaired) electrons. The number of piperazine rings is 2. The van der Waals surface area contributed by atoms with Crippen LogP contribution in [0.15, 0.2) is 48.5 Å². The van der Waals surface area contributed by atoms with Crippen LogP contribution in [-0.4, -0.2) is 95.3 Å². The van der Waals surface area contributed by atoms with Crippen molar-refractivity contribution in [1.29, 1.82) is 0 Å². The maximum atomic E-state index is 12.5. The van der Waals surface area contributed by atoms with Gasteiger partial charge in [0.2, 0.25) is 0 Å². The highest BCUT2D eigenvalue weighted by Gasteiger charge is 2.21. The number of nitrogens with zero attached hydrogens (tertiary/aromatic N) is 4. The third kappa shape index (κ3) is 8.11. The van der Waals surface area contributed by atoms with Crippen LogP contribution in [-0.2, 0) is 4.79 Å². The predicted octanol–water partition coefficient (Wildman–Crippen LogP) is 4.17. The number of likely N-dealkylation sites (N-methyl/N-ethyl adjacent to an activating group) is 1. The van der Waals surface area contributed by atoms with Crippen LogP contribution in [0.3, 0.4) is 0 Å². The Kier molecular flexibility index (Phi) is 10.5. The van der Waals surface area contributed by atoms with E-state index in [4.69, 9.17) is 9.47 Å². The Bertz CT molecular complexity index is 969. The van der Waals surface area contributed by atoms with Gasteiger partial charge in [-0.15, -0.1) is 0 Å². The highest BCUT2D eigenvalue weighted by molar-refractivity contribution is 5.80. The van der Waals surface area contributed by atoms with Gasteiger partial charge in [0.25, 0.3) is 0 Å². The van der Waals surface area contributed by atoms with Gasteiger partial charge in [0.05, 0.1) is 31.6 Å². The molecular formula is C30H44N4O3. The fourth-order valence-corrected chi connectivity index (χ4v) is 5.21. The maximum Gasteiger partial charge on any atom is 0.146 e. The highest BCUT2D eigenvalue weighted by Crippen LogP contribution is 2.29. The Morgan fingerprint density at radius 2 is 1.30 bits per heavy atom. The summed E-state index contributed by atoms with van der Waals surface area (Å²) in [5, 5.41) is 0. The minimum Gasteiger partial charge on any atom is -0.495 e. The molecule has 202 valence electrons. The molecule has 0 unspecified atom stereocenters. The summed E-state index contributed by atoms with van der Waals surface area (Å²) in [6.45, 7) is 9.24. The first-order valence-electron chi connectivity index (χ1n) is 13.9. The number of carbonyl (C=O) groups is 1. The highest BCUT2D eigenvalue weighted by atomic mass is 16.5. The van der Waals surface area contributed by atoms with E-state index in [1.54, 1.807) is 7.11 Å². The number of ketones is 1. The molecule has 2 aromatic rings. The molecule has 4 rings (SSSR count). The van der Waals surface area contributed by atoms with Crippen molar-refractivity contribution in [2.24, 2.45) is 0 Å². The standard InChI is InChI=1S/C30H44N4O3/c1-31-16-20-33(21-17-31)28-13-7-9-15-30(28)37-24-10-4-3-5-11-26(35)25-32-18-22-34(23-19-32)27-12-6-8-14-29(27)36-2/h6-9,12-15H,3-5,10-11,16-25H2,1-2H3. The third-order valence-corrected chi connectivity index (χ3v) is 7.51. The molecule has 2 heterocycles. The lowest BCUT2D eigenvalue weighted by Gasteiger charge is -2.36. The summed E-state index contributed by atoms with van der Waals surface area (Å²) < 4.78 is 11.7. The van der Waals surface area contributed by atoms with Crippen molar-refractivity contribution < 1.29 is 14.3 Å². The lowest BCUT2D eigenvalue weighted by Crippen LogP contribution is -2.48. The number of hydrogen-bond acceptors (Lipinski definition) is 7. The first-order valence-corrected chi connectivity index (χ1v) is 13.9. The van der Waals surface area contributed by atoms with Crippen molar-refractivity contribution in [3.8, 4) is 11.5 Å². The van der Waals surface area contributed by atoms with Gasteiger partial charge < -0.3 is 24.2 Å². The van der Waals surface area contributed by atoms with Gasteiger partial charge in [-0.05, 0) is 44.2 Å². The van der Waals surface area contributed by atoms with E-state index in [1.165, 1.54) is 5.69 Å². The smallest absolute Gasteiger partial charge is 0.146 e. The summed E-state index contributed by atoms with van der Waals surface area (Å²) in [6, 6.07) is 16.6. The number of carbonyl (C=O) groups excluding carboxylic acids is 1. The molecule has 2 aromatic carbocycles. The van der Waals surface area contributed by atoms with Crippen molar-refractivity contribution in [2.45, 2.75) is 32.1 Å². The van der Waals surface area contributed by atoms with E-state index in [-0.39, 0.29) is 0 Å². The molecule has 0 aliphatic carbocycles. The fourth-order valence-electron chi connectivity index (χ4n) is 5.21. The molecule has 0 bridgehead atoms. The summed E-state index contributed by atoms with van der Waals surface area (Å²) in [5.74, 6) is 2.27. The number of methoxy groups -OCH3 is 1. The molecule has 0 aromatic heterocycles. The second-order valence-corrected chi connectivity index (χ2v) is 10.2. The second-order valence-electron chi connectivity index (χ2n) is 10.2. The van der Waals surface area contributed by atoms with Gasteiger partial charge in [-0.2, -0.15) is 0 Å². The van der Waals surface area contributed by atoms with E-state index >= 15 is 0 Å². The van der Waals surface area contributed by atoms with Crippen LogP contribution in [0.5, 0.6) is 11.5 Å². The molecular weight excluding hydrogens is 464 g/mol. The van der Waals surface area contributed by atoms with Crippen LogP contribution in [0.2, 0.25) is 0 Å². The van der Waals surface area contributed by atoms with Crippen molar-refractivity contribution in [2.75, 3.05) is 89.5 Å². The molecule has 37 heavy (non-hydrogen) atoms. The van der Waals surface area contributed by atoms with Crippen LogP contribution in [0.4, 0.5) is 11.4 Å². The first kappa shape index (κ1) is 27.3. The Balaban J connectivity index is 1.07. The SMILES string of the molecule is COc1ccccc1N1CCN(CC(=O)CCCCCCOc2ccccc2N2CCN(C)CC2)CC1. The van der Waals surface area contributed by atoms with Crippen LogP contribution in [0.25, 0.3) is 0 Å². The maximum absolute atomic E-state index is 12.5. The Morgan fingerprint density at radius 3 is 1.97 bits per heavy atom. The second kappa shape index (κ2) is 14.2. The quantitative estimate of drug-likeness (QED) is 0.377. The summed E-state index contributed by atoms with van der Waals surface area (Å²) in [7, 11) is 3.90. The van der Waals surface area contributed by atoms with E-state index < -0.39 is 0 Å². The molecule has 2 saturated heterocycles. The van der Waals surface area contributed by atoms with Gasteiger partial charge in [0.1, 0.15) is 17.3 Å². The van der Waals surface area contributed by atoms with Crippen molar-refractivity contribution in [1.82, 2.24) is 9.80 Å². The van der Waals surface area contributed by atoms with E-state index in [1.807, 2.05) is 18.2 Å². The van der Waals surface area contributed by atoms with Crippen LogP contribution < -0.4 is 19.3 Å². The van der Waals surface area contributed by atoms with E-state index in [9.17, 15) is 4.79 Å². The van der Waals surface area contributed by atoms with Crippen molar-refractivity contribution in [3.05, 3.63) is 48.5 Å². The molecule has 0 amide bonds. The molecule has 2 aliphatic rings. The molecule has 0 atom stereocenters. The summed E-state index contributed by atoms with van der Waals surface area (Å²) in [5.41, 5.74) is 2.35. The number of para-hydroxylation sites is 4. The van der Waals surface area contributed by atoms with Crippen molar-refractivity contribution in [3.63, 3.8) is 0 Å². The number of rotatable bonds is 13. The molecule has 7 nitrogen and oxygen atoms in total. The molecule has 0 saturated carbocycles. The Labute approximate surface area is 222 Å². The number of ether oxygens (including phenoxy) is 2. The topological polar surface area (TPSA) is 48.5 Å². The normalized spacial score (nSPS) is 17.1. The predicted molar refractivity (Wildman–Crippen MR) is 151 cm³/mol. The number of unbranched alkanes of at least 4 members (excludes halogenated alkanes) is 3. The van der Waals surface area contributed by atoms with Gasteiger partial charge in [0, 0.05) is 58.8 Å². The van der Waals surface area contributed by atoms with Gasteiger partial charge >= 0.3 is 0 Å². The van der Waals surface area contributed by atoms with Gasteiger partial charge in [-0.25, -0.2) is 0 Å². The summed E-state index contributed by atoms with van der Waals surface area (Å²) in [4.78, 5) is 22.0. The Morgan fingerprint density at radius 1 is 0.730 bits per heavy atom. The average Bonchev–Trinajstić information content (AvgIpc) is 2.93. The average molecular weight is 509 g/mol. The molecule has 0 N–H and O–H groups in total. The number of anilines is 2. The first-order chi connectivity index (χ1) is 18.1. The van der Waals surface area contributed by atoms with Crippen molar-refractivity contribution >= 4 is 17.2 Å². The fraction of sp³-hybridized carbons (Fsp3) is 0.567. The summed E-state index contributed by atoms with van der Waals surface area (Å²) in [6.07, 6.45) is 4.85. The lowest BCUT2D eigenvalue weighted by atomic mass is 10.1. The molecule has 2 fully saturated rings. The minimum absolute atomic E-state index is 0.364. The molecule has 7 heteroatoms. The Hall–Kier alpha value is -2.77. The number of Topliss-reactive ketones (excluding diaryl/α,β-unsaturated/α-hetero) is 1. The molecule has 2 aliphatic heterocycles. The van der Waals surface area contributed by atoms with Gasteiger partial charge in [-0.1, -0.05) is 37.1 Å². The van der Waals surface area contributed by atoms with Crippen LogP contribution >= 0.6 is 0 Å². The third-order valence-electron chi connectivity index (χ3n) is 7.51. The van der Waals surface area contributed by atoms with E-state index in [0.29, 0.717) is 18.7 Å². The van der Waals surface area contributed by atoms with Crippen LogP contribution in [0, 0.1) is 0 Å². The van der Waals surface area contributed by atoms with Crippen LogP contribution in [0.1, 0.15) is 32.1 Å². The monoisotopic (exact) mass is 508 g/mol. The number of hydrogen-bond donors (Lipinski definition) is 0. The van der Waals surface area contributed by atoms with E-state index in [0.717, 1.165) is 102 Å². The molecule has 0 spiro atoms. The van der Waals surface area contributed by atoms with Gasteiger partial charge in [0.15, 0.2) is 0 Å². The van der Waals surface area contributed by atoms with E-state index in [2.05, 4.69) is 57.0 Å². The zero-order chi connectivity index (χ0) is 25.9. The largest absolute Gasteiger partial charge is 0.495 e. The number of benzene rings is 2.